The van der Waals surface area contributed by atoms with Crippen molar-refractivity contribution in [3.05, 3.63) is 59.7 Å². The number of nitrogens with one attached hydrogen (secondary N) is 1. The van der Waals surface area contributed by atoms with Gasteiger partial charge in [0.05, 0.1) is 17.8 Å². The lowest BCUT2D eigenvalue weighted by atomic mass is 10.1. The third kappa shape index (κ3) is 4.59. The molecule has 4 aromatic rings. The van der Waals surface area contributed by atoms with Crippen LogP contribution < -0.4 is 5.32 Å². The minimum atomic E-state index is -0.645. The predicted molar refractivity (Wildman–Crippen MR) is 129 cm³/mol. The number of rotatable bonds is 7. The molecule has 5 rings (SSSR count). The van der Waals surface area contributed by atoms with E-state index in [1.165, 1.54) is 6.07 Å². The third-order valence-electron chi connectivity index (χ3n) is 6.19. The highest BCUT2D eigenvalue weighted by Gasteiger charge is 2.26. The molecule has 4 heterocycles. The van der Waals surface area contributed by atoms with E-state index >= 15 is 0 Å². The molecule has 0 amide bonds. The molecule has 1 aliphatic rings. The van der Waals surface area contributed by atoms with Crippen LogP contribution in [0.4, 0.5) is 20.5 Å². The van der Waals surface area contributed by atoms with Gasteiger partial charge in [0, 0.05) is 44.5 Å². The molecule has 0 radical (unpaired) electrons. The van der Waals surface area contributed by atoms with Gasteiger partial charge in [-0.1, -0.05) is 6.07 Å². The van der Waals surface area contributed by atoms with Crippen LogP contribution in [0, 0.1) is 18.6 Å². The Morgan fingerprint density at radius 3 is 2.57 bits per heavy atom. The first-order valence-corrected chi connectivity index (χ1v) is 11.5. The molecule has 1 fully saturated rings. The molecule has 182 valence electrons. The Kier molecular flexibility index (Phi) is 6.16. The molecular weight excluding hydrogens is 452 g/mol. The van der Waals surface area contributed by atoms with Crippen LogP contribution in [0.1, 0.15) is 31.3 Å². The number of halogens is 2. The van der Waals surface area contributed by atoms with Crippen LogP contribution in [-0.4, -0.2) is 55.7 Å². The summed E-state index contributed by atoms with van der Waals surface area (Å²) in [6.07, 6.45) is 3.16. The number of hydrogen-bond donors (Lipinski definition) is 1. The first kappa shape index (κ1) is 23.3. The second-order valence-corrected chi connectivity index (χ2v) is 9.07. The van der Waals surface area contributed by atoms with E-state index in [0.29, 0.717) is 28.8 Å². The van der Waals surface area contributed by atoms with Crippen molar-refractivity contribution in [1.82, 2.24) is 29.4 Å². The topological polar surface area (TPSA) is 81.0 Å². The molecule has 3 aromatic heterocycles. The number of pyridine rings is 1. The van der Waals surface area contributed by atoms with Gasteiger partial charge in [0.2, 0.25) is 5.95 Å². The van der Waals surface area contributed by atoms with E-state index in [-0.39, 0.29) is 23.2 Å². The summed E-state index contributed by atoms with van der Waals surface area (Å²) in [6.45, 7) is 8.42. The zero-order chi connectivity index (χ0) is 24.7. The Morgan fingerprint density at radius 2 is 1.89 bits per heavy atom. The first-order valence-electron chi connectivity index (χ1n) is 11.5. The quantitative estimate of drug-likeness (QED) is 0.414. The largest absolute Gasteiger partial charge is 0.379 e. The molecule has 0 unspecified atom stereocenters. The van der Waals surface area contributed by atoms with E-state index < -0.39 is 11.6 Å². The number of aromatic nitrogens is 5. The number of benzene rings is 1. The number of ether oxygens (including phenoxy) is 1. The molecule has 10 heteroatoms. The van der Waals surface area contributed by atoms with Gasteiger partial charge in [0.25, 0.3) is 0 Å². The third-order valence-corrected chi connectivity index (χ3v) is 6.19. The average Bonchev–Trinajstić information content (AvgIpc) is 3.15. The number of aryl methyl sites for hydroxylation is 1. The molecule has 35 heavy (non-hydrogen) atoms. The molecule has 1 saturated heterocycles. The van der Waals surface area contributed by atoms with Crippen LogP contribution in [0.25, 0.3) is 22.3 Å². The Balaban J connectivity index is 1.38. The van der Waals surface area contributed by atoms with Crippen molar-refractivity contribution >= 4 is 22.8 Å². The summed E-state index contributed by atoms with van der Waals surface area (Å²) < 4.78 is 36.8. The molecule has 0 aliphatic carbocycles. The maximum absolute atomic E-state index is 14.9. The van der Waals surface area contributed by atoms with Crippen molar-refractivity contribution in [3.8, 4) is 11.3 Å². The van der Waals surface area contributed by atoms with Crippen molar-refractivity contribution in [1.29, 1.82) is 0 Å². The molecule has 0 saturated carbocycles. The zero-order valence-corrected chi connectivity index (χ0v) is 20.1. The minimum Gasteiger partial charge on any atom is -0.379 e. The van der Waals surface area contributed by atoms with Gasteiger partial charge in [0.1, 0.15) is 22.9 Å². The zero-order valence-electron chi connectivity index (χ0n) is 20.1. The van der Waals surface area contributed by atoms with Gasteiger partial charge in [-0.3, -0.25) is 4.90 Å². The lowest BCUT2D eigenvalue weighted by Crippen LogP contribution is -2.50. The van der Waals surface area contributed by atoms with Gasteiger partial charge in [-0.25, -0.2) is 28.7 Å². The molecule has 1 aliphatic heterocycles. The van der Waals surface area contributed by atoms with Crippen molar-refractivity contribution in [2.75, 3.05) is 25.5 Å². The first-order chi connectivity index (χ1) is 16.8. The van der Waals surface area contributed by atoms with Gasteiger partial charge >= 0.3 is 0 Å². The van der Waals surface area contributed by atoms with E-state index in [1.54, 1.807) is 19.4 Å². The Morgan fingerprint density at radius 1 is 1.09 bits per heavy atom. The van der Waals surface area contributed by atoms with Gasteiger partial charge in [0.15, 0.2) is 11.6 Å². The van der Waals surface area contributed by atoms with Gasteiger partial charge in [-0.15, -0.1) is 0 Å². The summed E-state index contributed by atoms with van der Waals surface area (Å²) >= 11 is 0. The SMILES string of the molecule is COC1CN(Cc2ccc(Nc3ncc(F)c(-c4cc(F)c5nc(C)n(C(C)C)c5c4)n3)nc2)C1. The summed E-state index contributed by atoms with van der Waals surface area (Å²) in [5, 5.41) is 3.01. The number of fused-ring (bicyclic) bond motifs is 1. The van der Waals surface area contributed by atoms with E-state index in [9.17, 15) is 8.78 Å². The maximum Gasteiger partial charge on any atom is 0.229 e. The fourth-order valence-electron chi connectivity index (χ4n) is 4.45. The van der Waals surface area contributed by atoms with Gasteiger partial charge in [-0.2, -0.15) is 0 Å². The number of methoxy groups -OCH3 is 1. The van der Waals surface area contributed by atoms with Crippen LogP contribution in [-0.2, 0) is 11.3 Å². The van der Waals surface area contributed by atoms with Crippen LogP contribution in [0.2, 0.25) is 0 Å². The second-order valence-electron chi connectivity index (χ2n) is 9.07. The maximum atomic E-state index is 14.9. The van der Waals surface area contributed by atoms with Crippen LogP contribution in [0.15, 0.2) is 36.7 Å². The average molecular weight is 480 g/mol. The van der Waals surface area contributed by atoms with Crippen molar-refractivity contribution < 1.29 is 13.5 Å². The van der Waals surface area contributed by atoms with E-state index in [2.05, 4.69) is 30.2 Å². The van der Waals surface area contributed by atoms with Crippen molar-refractivity contribution in [2.45, 2.75) is 39.5 Å². The van der Waals surface area contributed by atoms with Crippen LogP contribution >= 0.6 is 0 Å². The summed E-state index contributed by atoms with van der Waals surface area (Å²) in [7, 11) is 1.73. The van der Waals surface area contributed by atoms with Gasteiger partial charge in [-0.05, 0) is 44.5 Å². The Bertz CT molecular complexity index is 1360. The lowest BCUT2D eigenvalue weighted by molar-refractivity contribution is -0.0334. The lowest BCUT2D eigenvalue weighted by Gasteiger charge is -2.38. The summed E-state index contributed by atoms with van der Waals surface area (Å²) in [5.74, 6) is 0.220. The summed E-state index contributed by atoms with van der Waals surface area (Å²) in [5.41, 5.74) is 2.24. The number of imidazole rings is 1. The molecule has 0 atom stereocenters. The Labute approximate surface area is 202 Å². The highest BCUT2D eigenvalue weighted by molar-refractivity contribution is 5.83. The monoisotopic (exact) mass is 479 g/mol. The predicted octanol–water partition coefficient (Wildman–Crippen LogP) is 4.63. The number of nitrogens with zero attached hydrogens (tertiary/aromatic N) is 6. The van der Waals surface area contributed by atoms with Crippen LogP contribution in [0.3, 0.4) is 0 Å². The Hall–Kier alpha value is -3.50. The second kappa shape index (κ2) is 9.27. The number of likely N-dealkylation sites (tertiary alicyclic amines) is 1. The normalized spacial score (nSPS) is 14.6. The van der Waals surface area contributed by atoms with Crippen molar-refractivity contribution in [2.24, 2.45) is 0 Å². The molecule has 8 nitrogen and oxygen atoms in total. The highest BCUT2D eigenvalue weighted by atomic mass is 19.1. The molecule has 0 bridgehead atoms. The minimum absolute atomic E-state index is 0.000407. The summed E-state index contributed by atoms with van der Waals surface area (Å²) in [4.78, 5) is 19.4. The van der Waals surface area contributed by atoms with Crippen LogP contribution in [0.5, 0.6) is 0 Å². The van der Waals surface area contributed by atoms with Gasteiger partial charge < -0.3 is 14.6 Å². The smallest absolute Gasteiger partial charge is 0.229 e. The molecular formula is C25H27F2N7O. The van der Waals surface area contributed by atoms with Crippen molar-refractivity contribution in [3.63, 3.8) is 0 Å². The number of hydrogen-bond acceptors (Lipinski definition) is 7. The standard InChI is InChI=1S/C25H27F2N7O/c1-14(2)34-15(3)30-24-19(26)7-17(8-21(24)34)23-20(27)10-29-25(32-23)31-22-6-5-16(9-28-22)11-33-12-18(13-33)35-4/h5-10,14,18H,11-13H2,1-4H3,(H,28,29,31,32). The summed E-state index contributed by atoms with van der Waals surface area (Å²) in [6, 6.07) is 6.83. The fourth-order valence-corrected chi connectivity index (χ4v) is 4.45. The van der Waals surface area contributed by atoms with E-state index in [4.69, 9.17) is 4.74 Å². The van der Waals surface area contributed by atoms with E-state index in [0.717, 1.165) is 31.4 Å². The molecule has 1 N–H and O–H groups in total. The number of anilines is 2. The van der Waals surface area contributed by atoms with E-state index in [1.807, 2.05) is 37.5 Å². The molecule has 1 aromatic carbocycles. The fraction of sp³-hybridized carbons (Fsp3) is 0.360. The molecule has 0 spiro atoms. The highest BCUT2D eigenvalue weighted by Crippen LogP contribution is 2.30.